The quantitative estimate of drug-likeness (QED) is 0.566. The van der Waals surface area contributed by atoms with Crippen molar-refractivity contribution < 1.29 is 27.9 Å². The minimum atomic E-state index is -2.72. The summed E-state index contributed by atoms with van der Waals surface area (Å²) in [7, 11) is 0. The number of benzene rings is 1. The predicted octanol–water partition coefficient (Wildman–Crippen LogP) is 2.51. The Balaban J connectivity index is 1.76. The third-order valence-corrected chi connectivity index (χ3v) is 8.57. The molecule has 3 fully saturated rings. The van der Waals surface area contributed by atoms with Gasteiger partial charge in [-0.3, -0.25) is 14.4 Å². The van der Waals surface area contributed by atoms with Gasteiger partial charge in [0.05, 0.1) is 17.9 Å². The summed E-state index contributed by atoms with van der Waals surface area (Å²) in [6.45, 7) is 11.7. The lowest BCUT2D eigenvalue weighted by Gasteiger charge is -2.39. The number of hydrogen-bond donors (Lipinski definition) is 1. The number of hydrogen-bond acceptors (Lipinski definition) is 6. The van der Waals surface area contributed by atoms with Crippen LogP contribution >= 0.6 is 0 Å². The summed E-state index contributed by atoms with van der Waals surface area (Å²) in [6.07, 6.45) is -3.16. The minimum Gasteiger partial charge on any atom is -0.369 e. The van der Waals surface area contributed by atoms with E-state index in [1.165, 1.54) is 4.90 Å². The molecule has 2 N–H and O–H groups in total. The van der Waals surface area contributed by atoms with E-state index < -0.39 is 47.6 Å². The van der Waals surface area contributed by atoms with Crippen LogP contribution in [-0.4, -0.2) is 91.8 Å². The molecule has 3 saturated heterocycles. The summed E-state index contributed by atoms with van der Waals surface area (Å²) in [4.78, 5) is 45.3. The van der Waals surface area contributed by atoms with Crippen LogP contribution in [0.5, 0.6) is 0 Å². The van der Waals surface area contributed by atoms with E-state index in [-0.39, 0.29) is 24.5 Å². The number of nitrogens with two attached hydrogens (primary N) is 1. The number of likely N-dealkylation sites (N-methyl/N-ethyl adjacent to an activating group) is 1. The molecule has 0 bridgehead atoms. The Morgan fingerprint density at radius 3 is 2.41 bits per heavy atom. The SMILES string of the molecule is CCN1CCN(c2ccc(C(N)=O)c([C@@H](C(=O)N3C[C@H](C(F)F)[C@H]4OCC(=O)[C@H]43)C(C)(C)CC)c2)CC1. The van der Waals surface area contributed by atoms with Crippen molar-refractivity contribution in [1.29, 1.82) is 0 Å². The molecule has 0 spiro atoms. The number of fused-ring (bicyclic) bond motifs is 1. The Kier molecular flexibility index (Phi) is 7.90. The standard InChI is InChI=1S/C27H38F2N4O4/c1-5-27(3,4)21(26(36)33-14-19(24(28)29)23-22(33)20(34)15-37-23)18-13-16(7-8-17(18)25(30)35)32-11-9-31(6-2)10-12-32/h7-8,13,19,21-24H,5-6,9-12,14-15H2,1-4H3,(H2,30,35)/t19-,21-,22+,23+/m0/s1. The Morgan fingerprint density at radius 2 is 1.84 bits per heavy atom. The number of likely N-dealkylation sites (tertiary alicyclic amines) is 1. The van der Waals surface area contributed by atoms with Gasteiger partial charge < -0.3 is 25.2 Å². The van der Waals surface area contributed by atoms with Crippen LogP contribution in [-0.2, 0) is 14.3 Å². The molecule has 3 aliphatic rings. The third kappa shape index (κ3) is 5.10. The molecule has 0 aromatic heterocycles. The number of ketones is 1. The topological polar surface area (TPSA) is 96.2 Å². The monoisotopic (exact) mass is 520 g/mol. The first-order valence-corrected chi connectivity index (χ1v) is 13.1. The lowest BCUT2D eigenvalue weighted by atomic mass is 9.71. The van der Waals surface area contributed by atoms with Crippen LogP contribution in [0.3, 0.4) is 0 Å². The number of carbonyl (C=O) groups is 3. The smallest absolute Gasteiger partial charge is 0.249 e. The van der Waals surface area contributed by atoms with Gasteiger partial charge in [-0.1, -0.05) is 27.7 Å². The summed E-state index contributed by atoms with van der Waals surface area (Å²) in [5.41, 5.74) is 6.70. The maximum absolute atomic E-state index is 14.3. The molecule has 1 aromatic rings. The summed E-state index contributed by atoms with van der Waals surface area (Å²) in [5, 5.41) is 0. The van der Waals surface area contributed by atoms with E-state index >= 15 is 0 Å². The average molecular weight is 521 g/mol. The van der Waals surface area contributed by atoms with E-state index in [1.54, 1.807) is 6.07 Å². The number of rotatable bonds is 8. The maximum atomic E-state index is 14.3. The number of Topliss-reactive ketones (excluding diaryl/α,β-unsaturated/α-hetero) is 1. The number of carbonyl (C=O) groups excluding carboxylic acids is 3. The van der Waals surface area contributed by atoms with Gasteiger partial charge >= 0.3 is 0 Å². The molecule has 0 unspecified atom stereocenters. The van der Waals surface area contributed by atoms with E-state index in [2.05, 4.69) is 16.7 Å². The molecule has 37 heavy (non-hydrogen) atoms. The highest BCUT2D eigenvalue weighted by molar-refractivity contribution is 5.99. The van der Waals surface area contributed by atoms with Gasteiger partial charge in [0.1, 0.15) is 12.6 Å². The minimum absolute atomic E-state index is 0.228. The number of anilines is 1. The van der Waals surface area contributed by atoms with Gasteiger partial charge in [-0.05, 0) is 42.1 Å². The normalized spacial score (nSPS) is 25.6. The van der Waals surface area contributed by atoms with Crippen LogP contribution in [0.25, 0.3) is 0 Å². The molecule has 204 valence electrons. The zero-order valence-electron chi connectivity index (χ0n) is 22.1. The van der Waals surface area contributed by atoms with Crippen molar-refractivity contribution in [2.24, 2.45) is 17.1 Å². The Bertz CT molecular complexity index is 1040. The van der Waals surface area contributed by atoms with Crippen molar-refractivity contribution in [2.75, 3.05) is 50.8 Å². The second kappa shape index (κ2) is 10.6. The molecular formula is C27H38F2N4O4. The zero-order chi connectivity index (χ0) is 27.1. The Hall–Kier alpha value is -2.59. The molecule has 3 aliphatic heterocycles. The molecule has 0 saturated carbocycles. The Morgan fingerprint density at radius 1 is 1.16 bits per heavy atom. The van der Waals surface area contributed by atoms with Crippen molar-refractivity contribution in [3.8, 4) is 0 Å². The van der Waals surface area contributed by atoms with E-state index in [4.69, 9.17) is 10.5 Å². The van der Waals surface area contributed by atoms with Gasteiger partial charge in [0.25, 0.3) is 0 Å². The van der Waals surface area contributed by atoms with E-state index in [1.807, 2.05) is 32.9 Å². The molecule has 8 nitrogen and oxygen atoms in total. The molecule has 1 aromatic carbocycles. The van der Waals surface area contributed by atoms with Crippen LogP contribution in [0.2, 0.25) is 0 Å². The molecule has 0 aliphatic carbocycles. The molecule has 2 amide bonds. The number of ether oxygens (including phenoxy) is 1. The first kappa shape index (κ1) is 27.4. The maximum Gasteiger partial charge on any atom is 0.249 e. The second-order valence-electron chi connectivity index (χ2n) is 11.0. The lowest BCUT2D eigenvalue weighted by Crippen LogP contribution is -2.47. The van der Waals surface area contributed by atoms with Crippen LogP contribution in [0.15, 0.2) is 18.2 Å². The predicted molar refractivity (Wildman–Crippen MR) is 136 cm³/mol. The molecule has 10 heteroatoms. The van der Waals surface area contributed by atoms with E-state index in [9.17, 15) is 23.2 Å². The van der Waals surface area contributed by atoms with Crippen LogP contribution in [0.1, 0.15) is 56.0 Å². The number of amides is 2. The lowest BCUT2D eigenvalue weighted by molar-refractivity contribution is -0.140. The summed E-state index contributed by atoms with van der Waals surface area (Å²) >= 11 is 0. The highest BCUT2D eigenvalue weighted by atomic mass is 19.3. The van der Waals surface area contributed by atoms with Crippen molar-refractivity contribution in [1.82, 2.24) is 9.80 Å². The highest BCUT2D eigenvalue weighted by Crippen LogP contribution is 2.45. The summed E-state index contributed by atoms with van der Waals surface area (Å²) < 4.78 is 33.1. The largest absolute Gasteiger partial charge is 0.369 e. The van der Waals surface area contributed by atoms with Gasteiger partial charge in [0, 0.05) is 44.0 Å². The first-order chi connectivity index (χ1) is 17.5. The number of primary amides is 1. The fourth-order valence-electron chi connectivity index (χ4n) is 5.93. The number of piperazine rings is 1. The Labute approximate surface area is 217 Å². The molecule has 3 heterocycles. The van der Waals surface area contributed by atoms with Gasteiger partial charge in [-0.25, -0.2) is 8.78 Å². The van der Waals surface area contributed by atoms with Crippen LogP contribution < -0.4 is 10.6 Å². The fraction of sp³-hybridized carbons (Fsp3) is 0.667. The van der Waals surface area contributed by atoms with Gasteiger partial charge in [0.15, 0.2) is 5.78 Å². The van der Waals surface area contributed by atoms with Crippen LogP contribution in [0.4, 0.5) is 14.5 Å². The highest BCUT2D eigenvalue weighted by Gasteiger charge is 2.56. The first-order valence-electron chi connectivity index (χ1n) is 13.1. The number of alkyl halides is 2. The number of nitrogens with zero attached hydrogens (tertiary/aromatic N) is 3. The van der Waals surface area contributed by atoms with Gasteiger partial charge in [0.2, 0.25) is 18.2 Å². The molecule has 0 radical (unpaired) electrons. The van der Waals surface area contributed by atoms with Gasteiger partial charge in [-0.15, -0.1) is 0 Å². The third-order valence-electron chi connectivity index (χ3n) is 8.57. The zero-order valence-corrected chi connectivity index (χ0v) is 22.1. The molecular weight excluding hydrogens is 482 g/mol. The van der Waals surface area contributed by atoms with Crippen molar-refractivity contribution in [2.45, 2.75) is 58.6 Å². The van der Waals surface area contributed by atoms with Crippen LogP contribution in [0, 0.1) is 11.3 Å². The summed E-state index contributed by atoms with van der Waals surface area (Å²) in [6, 6.07) is 4.32. The van der Waals surface area contributed by atoms with E-state index in [0.29, 0.717) is 12.0 Å². The second-order valence-corrected chi connectivity index (χ2v) is 11.0. The summed E-state index contributed by atoms with van der Waals surface area (Å²) in [5.74, 6) is -3.57. The van der Waals surface area contributed by atoms with E-state index in [0.717, 1.165) is 38.4 Å². The molecule has 4 atom stereocenters. The average Bonchev–Trinajstić information content (AvgIpc) is 3.44. The molecule has 4 rings (SSSR count). The van der Waals surface area contributed by atoms with Crippen molar-refractivity contribution in [3.63, 3.8) is 0 Å². The van der Waals surface area contributed by atoms with Crippen molar-refractivity contribution in [3.05, 3.63) is 29.3 Å². The van der Waals surface area contributed by atoms with Crippen molar-refractivity contribution >= 4 is 23.3 Å². The fourth-order valence-corrected chi connectivity index (χ4v) is 5.93. The van der Waals surface area contributed by atoms with Gasteiger partial charge in [-0.2, -0.15) is 0 Å². The number of halogens is 2.